The molecule has 6 nitrogen and oxygen atoms in total. The molecule has 1 amide bonds. The Morgan fingerprint density at radius 3 is 2.43 bits per heavy atom. The largest absolute Gasteiger partial charge is 0.368 e. The van der Waals surface area contributed by atoms with Crippen molar-refractivity contribution in [2.75, 3.05) is 49.6 Å². The highest BCUT2D eigenvalue weighted by molar-refractivity contribution is 5.91. The number of rotatable bonds is 6. The number of unbranched alkanes of at least 4 members (excludes halogenated alkanes) is 1. The Labute approximate surface area is 168 Å². The minimum atomic E-state index is -0.0627. The first-order chi connectivity index (χ1) is 13.5. The molecule has 0 unspecified atom stereocenters. The van der Waals surface area contributed by atoms with Crippen LogP contribution in [-0.4, -0.2) is 60.5 Å². The number of aromatic nitrogens is 2. The van der Waals surface area contributed by atoms with Gasteiger partial charge in [-0.25, -0.2) is 9.97 Å². The molecule has 1 aliphatic rings. The van der Waals surface area contributed by atoms with Crippen molar-refractivity contribution in [1.82, 2.24) is 14.9 Å². The fourth-order valence-corrected chi connectivity index (χ4v) is 3.54. The van der Waals surface area contributed by atoms with Gasteiger partial charge in [-0.05, 0) is 37.5 Å². The fourth-order valence-electron chi connectivity index (χ4n) is 3.54. The standard InChI is InChI=1S/C22H31N5O/c1-5-6-10-25(4)22(28)19-15-24-21(16-23-19)27-13-11-26(12-14-27)20-9-7-8-17(2)18(20)3/h7-9,15-16H,5-6,10-14H2,1-4H3. The van der Waals surface area contributed by atoms with E-state index in [0.717, 1.165) is 51.4 Å². The second-order valence-corrected chi connectivity index (χ2v) is 7.53. The van der Waals surface area contributed by atoms with Crippen LogP contribution < -0.4 is 9.80 Å². The lowest BCUT2D eigenvalue weighted by Crippen LogP contribution is -2.47. The van der Waals surface area contributed by atoms with Gasteiger partial charge in [-0.15, -0.1) is 0 Å². The van der Waals surface area contributed by atoms with Crippen LogP contribution in [0.5, 0.6) is 0 Å². The first-order valence-electron chi connectivity index (χ1n) is 10.1. The van der Waals surface area contributed by atoms with Gasteiger partial charge in [-0.1, -0.05) is 25.5 Å². The van der Waals surface area contributed by atoms with Crippen LogP contribution in [-0.2, 0) is 0 Å². The molecule has 0 radical (unpaired) electrons. The lowest BCUT2D eigenvalue weighted by Gasteiger charge is -2.37. The predicted octanol–water partition coefficient (Wildman–Crippen LogP) is 3.29. The number of piperazine rings is 1. The first-order valence-corrected chi connectivity index (χ1v) is 10.1. The summed E-state index contributed by atoms with van der Waals surface area (Å²) in [5.41, 5.74) is 4.42. The molecule has 0 aliphatic carbocycles. The SMILES string of the molecule is CCCCN(C)C(=O)c1cnc(N2CCN(c3cccc(C)c3C)CC2)cn1. The van der Waals surface area contributed by atoms with Crippen molar-refractivity contribution in [2.24, 2.45) is 0 Å². The van der Waals surface area contributed by atoms with E-state index in [1.54, 1.807) is 17.3 Å². The van der Waals surface area contributed by atoms with Crippen LogP contribution in [0.25, 0.3) is 0 Å². The molecule has 1 aromatic heterocycles. The predicted molar refractivity (Wildman–Crippen MR) is 114 cm³/mol. The van der Waals surface area contributed by atoms with Crippen molar-refractivity contribution in [2.45, 2.75) is 33.6 Å². The number of aryl methyl sites for hydroxylation is 1. The van der Waals surface area contributed by atoms with Gasteiger partial charge in [0.15, 0.2) is 0 Å². The molecule has 0 bridgehead atoms. The van der Waals surface area contributed by atoms with Gasteiger partial charge in [-0.3, -0.25) is 4.79 Å². The molecule has 1 aliphatic heterocycles. The molecule has 1 aromatic carbocycles. The summed E-state index contributed by atoms with van der Waals surface area (Å²) in [6.45, 7) is 10.9. The monoisotopic (exact) mass is 381 g/mol. The lowest BCUT2D eigenvalue weighted by molar-refractivity contribution is 0.0787. The molecule has 2 heterocycles. The number of nitrogens with zero attached hydrogens (tertiary/aromatic N) is 5. The second kappa shape index (κ2) is 9.04. The Morgan fingerprint density at radius 1 is 1.07 bits per heavy atom. The van der Waals surface area contributed by atoms with Gasteiger partial charge in [0.2, 0.25) is 0 Å². The molecule has 1 fully saturated rings. The number of hydrogen-bond acceptors (Lipinski definition) is 5. The normalized spacial score (nSPS) is 14.3. The van der Waals surface area contributed by atoms with Gasteiger partial charge < -0.3 is 14.7 Å². The van der Waals surface area contributed by atoms with Gasteiger partial charge in [0.1, 0.15) is 11.5 Å². The highest BCUT2D eigenvalue weighted by Gasteiger charge is 2.21. The van der Waals surface area contributed by atoms with Crippen LogP contribution >= 0.6 is 0 Å². The minimum absolute atomic E-state index is 0.0627. The zero-order valence-electron chi connectivity index (χ0n) is 17.5. The Morgan fingerprint density at radius 2 is 1.79 bits per heavy atom. The van der Waals surface area contributed by atoms with Crippen LogP contribution in [0.15, 0.2) is 30.6 Å². The third-order valence-electron chi connectivity index (χ3n) is 5.57. The summed E-state index contributed by atoms with van der Waals surface area (Å²) < 4.78 is 0. The number of hydrogen-bond donors (Lipinski definition) is 0. The second-order valence-electron chi connectivity index (χ2n) is 7.53. The van der Waals surface area contributed by atoms with Crippen LogP contribution in [0.4, 0.5) is 11.5 Å². The molecule has 1 saturated heterocycles. The highest BCUT2D eigenvalue weighted by Crippen LogP contribution is 2.24. The molecule has 6 heteroatoms. The van der Waals surface area contributed by atoms with Gasteiger partial charge in [0, 0.05) is 45.5 Å². The summed E-state index contributed by atoms with van der Waals surface area (Å²) in [4.78, 5) is 27.7. The average Bonchev–Trinajstić information content (AvgIpc) is 2.73. The Bertz CT molecular complexity index is 797. The third-order valence-corrected chi connectivity index (χ3v) is 5.57. The van der Waals surface area contributed by atoms with E-state index < -0.39 is 0 Å². The van der Waals surface area contributed by atoms with E-state index in [-0.39, 0.29) is 5.91 Å². The summed E-state index contributed by atoms with van der Waals surface area (Å²) in [5.74, 6) is 0.778. The van der Waals surface area contributed by atoms with Gasteiger partial charge in [0.25, 0.3) is 5.91 Å². The molecular formula is C22H31N5O. The number of anilines is 2. The Hall–Kier alpha value is -2.63. The summed E-state index contributed by atoms with van der Waals surface area (Å²) in [6.07, 6.45) is 5.40. The van der Waals surface area contributed by atoms with E-state index in [4.69, 9.17) is 0 Å². The van der Waals surface area contributed by atoms with Crippen molar-refractivity contribution >= 4 is 17.4 Å². The summed E-state index contributed by atoms with van der Waals surface area (Å²) in [5, 5.41) is 0. The van der Waals surface area contributed by atoms with Crippen LogP contribution in [0.2, 0.25) is 0 Å². The van der Waals surface area contributed by atoms with Crippen LogP contribution in [0.1, 0.15) is 41.4 Å². The highest BCUT2D eigenvalue weighted by atomic mass is 16.2. The molecule has 0 N–H and O–H groups in total. The third kappa shape index (κ3) is 4.43. The molecule has 0 spiro atoms. The molecule has 0 atom stereocenters. The van der Waals surface area contributed by atoms with Crippen LogP contribution in [0.3, 0.4) is 0 Å². The Balaban J connectivity index is 1.60. The molecule has 0 saturated carbocycles. The van der Waals surface area contributed by atoms with Crippen molar-refractivity contribution in [3.05, 3.63) is 47.4 Å². The average molecular weight is 382 g/mol. The molecule has 28 heavy (non-hydrogen) atoms. The quantitative estimate of drug-likeness (QED) is 0.768. The van der Waals surface area contributed by atoms with Gasteiger partial charge >= 0.3 is 0 Å². The number of benzene rings is 1. The molecule has 150 valence electrons. The van der Waals surface area contributed by atoms with Gasteiger partial charge in [-0.2, -0.15) is 0 Å². The smallest absolute Gasteiger partial charge is 0.273 e. The van der Waals surface area contributed by atoms with Crippen molar-refractivity contribution in [3.63, 3.8) is 0 Å². The molecule has 2 aromatic rings. The van der Waals surface area contributed by atoms with Crippen molar-refractivity contribution in [3.8, 4) is 0 Å². The molecule has 3 rings (SSSR count). The zero-order valence-corrected chi connectivity index (χ0v) is 17.5. The van der Waals surface area contributed by atoms with E-state index >= 15 is 0 Å². The maximum absolute atomic E-state index is 12.4. The minimum Gasteiger partial charge on any atom is -0.368 e. The summed E-state index contributed by atoms with van der Waals surface area (Å²) in [6, 6.07) is 6.49. The Kier molecular flexibility index (Phi) is 6.49. The summed E-state index contributed by atoms with van der Waals surface area (Å²) >= 11 is 0. The molecular weight excluding hydrogens is 350 g/mol. The van der Waals surface area contributed by atoms with Crippen LogP contribution in [0, 0.1) is 13.8 Å². The fraction of sp³-hybridized carbons (Fsp3) is 0.500. The van der Waals surface area contributed by atoms with E-state index in [1.807, 2.05) is 7.05 Å². The maximum Gasteiger partial charge on any atom is 0.273 e. The maximum atomic E-state index is 12.4. The number of amides is 1. The summed E-state index contributed by atoms with van der Waals surface area (Å²) in [7, 11) is 1.82. The number of carbonyl (C=O) groups is 1. The van der Waals surface area contributed by atoms with Crippen molar-refractivity contribution in [1.29, 1.82) is 0 Å². The van der Waals surface area contributed by atoms with Gasteiger partial charge in [0.05, 0.1) is 12.4 Å². The van der Waals surface area contributed by atoms with E-state index in [2.05, 4.69) is 58.7 Å². The lowest BCUT2D eigenvalue weighted by atomic mass is 10.1. The topological polar surface area (TPSA) is 52.6 Å². The zero-order chi connectivity index (χ0) is 20.1. The first kappa shape index (κ1) is 20.1. The van der Waals surface area contributed by atoms with Crippen molar-refractivity contribution < 1.29 is 4.79 Å². The van der Waals surface area contributed by atoms with E-state index in [9.17, 15) is 4.79 Å². The number of carbonyl (C=O) groups excluding carboxylic acids is 1. The van der Waals surface area contributed by atoms with E-state index in [1.165, 1.54) is 16.8 Å². The van der Waals surface area contributed by atoms with E-state index in [0.29, 0.717) is 5.69 Å².